The monoisotopic (exact) mass is 940 g/mol. The summed E-state index contributed by atoms with van der Waals surface area (Å²) in [6.45, 7) is 0.642. The Labute approximate surface area is 381 Å². The molecule has 1 heterocycles. The summed E-state index contributed by atoms with van der Waals surface area (Å²) in [4.78, 5) is 119. The molecule has 1 aliphatic rings. The molecule has 1 aliphatic heterocycles. The first-order chi connectivity index (χ1) is 30.9. The minimum absolute atomic E-state index is 0.0164. The Bertz CT molecular complexity index is 1790. The first-order valence-corrected chi connectivity index (χ1v) is 21.8. The summed E-state index contributed by atoms with van der Waals surface area (Å²) in [6, 6.07) is -6.00. The predicted octanol–water partition coefficient (Wildman–Crippen LogP) is -5.56. The van der Waals surface area contributed by atoms with Crippen molar-refractivity contribution in [2.45, 2.75) is 107 Å². The second-order valence-electron chi connectivity index (χ2n) is 15.4. The van der Waals surface area contributed by atoms with Crippen molar-refractivity contribution in [1.29, 1.82) is 0 Å². The number of amides is 8. The molecule has 65 heavy (non-hydrogen) atoms. The van der Waals surface area contributed by atoms with E-state index in [0.717, 1.165) is 0 Å². The van der Waals surface area contributed by atoms with Crippen LogP contribution in [0.2, 0.25) is 0 Å². The van der Waals surface area contributed by atoms with Crippen LogP contribution in [0.3, 0.4) is 0 Å². The Kier molecular flexibility index (Phi) is 24.2. The molecule has 0 spiro atoms. The zero-order valence-electron chi connectivity index (χ0n) is 36.4. The molecule has 16 N–H and O–H groups in total. The standard InChI is InChI=1S/C40H64N10O14S/c1-3-21(2)32(39(62)43-24(7-4-5-13-41)33(56)48-29(20-65)37(60)47-28(19-53)40(63)64)49-36(59)27(18-52)45-34(57)25(15-22-9-11-23(54)12-10-22)44-35(58)26(17-51)46-38(61)30-8-6-14-50(30)31(55)16-42/h9-12,21,24-30,32,51-54,65H,3-8,13-20,41-42H2,1-2H3,(H,43,62)(H,44,58)(H,45,57)(H,46,61)(H,47,60)(H,48,56)(H,49,59)(H,63,64)/t21-,24-,25-,26-,27-,28-,29-,30-,32-/m0/s1. The number of hydrogen-bond acceptors (Lipinski definition) is 16. The van der Waals surface area contributed by atoms with E-state index in [2.05, 4.69) is 49.8 Å². The van der Waals surface area contributed by atoms with Crippen molar-refractivity contribution in [1.82, 2.24) is 42.1 Å². The van der Waals surface area contributed by atoms with Crippen molar-refractivity contribution < 1.29 is 68.7 Å². The molecular weight excluding hydrogens is 877 g/mol. The van der Waals surface area contributed by atoms with Crippen LogP contribution in [0, 0.1) is 5.92 Å². The van der Waals surface area contributed by atoms with Gasteiger partial charge < -0.3 is 79.1 Å². The molecule has 1 fully saturated rings. The highest BCUT2D eigenvalue weighted by Crippen LogP contribution is 2.18. The van der Waals surface area contributed by atoms with Gasteiger partial charge in [-0.1, -0.05) is 32.4 Å². The number of carboxylic acid groups (broad SMARTS) is 1. The van der Waals surface area contributed by atoms with Crippen molar-refractivity contribution in [2.24, 2.45) is 17.4 Å². The summed E-state index contributed by atoms with van der Waals surface area (Å²) >= 11 is 4.07. The maximum Gasteiger partial charge on any atom is 0.328 e. The number of nitrogens with one attached hydrogen (secondary N) is 7. The molecular formula is C40H64N10O14S. The average molecular weight is 941 g/mol. The van der Waals surface area contributed by atoms with Crippen molar-refractivity contribution >= 4 is 65.9 Å². The number of aliphatic hydroxyl groups is 3. The number of likely N-dealkylation sites (tertiary alicyclic amines) is 1. The van der Waals surface area contributed by atoms with E-state index in [9.17, 15) is 68.7 Å². The summed E-state index contributed by atoms with van der Waals surface area (Å²) in [5.41, 5.74) is 11.5. The number of phenols is 1. The van der Waals surface area contributed by atoms with Gasteiger partial charge in [0.05, 0.1) is 26.4 Å². The van der Waals surface area contributed by atoms with E-state index in [0.29, 0.717) is 31.2 Å². The number of carbonyl (C=O) groups is 9. The van der Waals surface area contributed by atoms with Gasteiger partial charge in [0.25, 0.3) is 0 Å². The zero-order chi connectivity index (χ0) is 48.8. The van der Waals surface area contributed by atoms with Gasteiger partial charge in [-0.25, -0.2) is 4.79 Å². The second-order valence-corrected chi connectivity index (χ2v) is 15.8. The molecule has 24 nitrogen and oxygen atoms in total. The number of thiol groups is 1. The SMILES string of the molecule is CC[C@H](C)[C@H](NC(=O)[C@H](CO)NC(=O)[C@H](Cc1ccc(O)cc1)NC(=O)[C@H](CO)NC(=O)[C@@H]1CCCN1C(=O)CN)C(=O)N[C@@H](CCCCN)C(=O)N[C@@H](CS)C(=O)N[C@@H](CO)C(=O)O. The lowest BCUT2D eigenvalue weighted by Crippen LogP contribution is -2.62. The number of rotatable bonds is 28. The van der Waals surface area contributed by atoms with E-state index >= 15 is 0 Å². The Morgan fingerprint density at radius 2 is 1.22 bits per heavy atom. The maximum absolute atomic E-state index is 13.9. The summed E-state index contributed by atoms with van der Waals surface area (Å²) < 4.78 is 0. The van der Waals surface area contributed by atoms with Crippen LogP contribution in [0.4, 0.5) is 0 Å². The van der Waals surface area contributed by atoms with Crippen LogP contribution >= 0.6 is 12.6 Å². The van der Waals surface area contributed by atoms with E-state index in [1.807, 2.05) is 0 Å². The van der Waals surface area contributed by atoms with E-state index in [-0.39, 0.29) is 50.4 Å². The Balaban J connectivity index is 2.31. The van der Waals surface area contributed by atoms with Gasteiger partial charge in [0.1, 0.15) is 54.1 Å². The molecule has 364 valence electrons. The lowest BCUT2D eigenvalue weighted by atomic mass is 9.97. The number of hydrogen-bond donors (Lipinski definition) is 15. The van der Waals surface area contributed by atoms with Gasteiger partial charge in [0, 0.05) is 18.7 Å². The van der Waals surface area contributed by atoms with Crippen molar-refractivity contribution in [3.05, 3.63) is 29.8 Å². The van der Waals surface area contributed by atoms with Crippen LogP contribution < -0.4 is 48.7 Å². The summed E-state index contributed by atoms with van der Waals surface area (Å²) in [5.74, 6) is -9.52. The Morgan fingerprint density at radius 1 is 0.708 bits per heavy atom. The highest BCUT2D eigenvalue weighted by atomic mass is 32.1. The predicted molar refractivity (Wildman–Crippen MR) is 234 cm³/mol. The summed E-state index contributed by atoms with van der Waals surface area (Å²) in [5, 5.41) is 65.5. The number of carbonyl (C=O) groups excluding carboxylic acids is 8. The van der Waals surface area contributed by atoms with Crippen LogP contribution in [0.25, 0.3) is 0 Å². The number of aromatic hydroxyl groups is 1. The fraction of sp³-hybridized carbons (Fsp3) is 0.625. The number of carboxylic acids is 1. The third kappa shape index (κ3) is 17.4. The van der Waals surface area contributed by atoms with Crippen molar-refractivity contribution in [2.75, 3.05) is 45.2 Å². The van der Waals surface area contributed by atoms with E-state index in [4.69, 9.17) is 11.5 Å². The largest absolute Gasteiger partial charge is 0.508 e. The fourth-order valence-electron chi connectivity index (χ4n) is 6.64. The third-order valence-corrected chi connectivity index (χ3v) is 11.0. The molecule has 25 heteroatoms. The van der Waals surface area contributed by atoms with Gasteiger partial charge >= 0.3 is 5.97 Å². The molecule has 0 aliphatic carbocycles. The molecule has 2 rings (SSSR count). The Morgan fingerprint density at radius 3 is 1.77 bits per heavy atom. The van der Waals surface area contributed by atoms with E-state index < -0.39 is 127 Å². The smallest absolute Gasteiger partial charge is 0.328 e. The van der Waals surface area contributed by atoms with E-state index in [1.165, 1.54) is 29.2 Å². The summed E-state index contributed by atoms with van der Waals surface area (Å²) in [6.07, 6.45) is 1.61. The van der Waals surface area contributed by atoms with Gasteiger partial charge in [-0.2, -0.15) is 12.6 Å². The van der Waals surface area contributed by atoms with Crippen LogP contribution in [-0.2, 0) is 49.6 Å². The summed E-state index contributed by atoms with van der Waals surface area (Å²) in [7, 11) is 0. The molecule has 0 saturated carbocycles. The number of phenolic OH excluding ortho intramolecular Hbond substituents is 1. The molecule has 1 saturated heterocycles. The normalized spacial score (nSPS) is 17.1. The van der Waals surface area contributed by atoms with Crippen LogP contribution in [0.5, 0.6) is 5.75 Å². The molecule has 0 unspecified atom stereocenters. The van der Waals surface area contributed by atoms with Gasteiger partial charge in [-0.15, -0.1) is 0 Å². The fourth-order valence-corrected chi connectivity index (χ4v) is 6.89. The quantitative estimate of drug-likeness (QED) is 0.0275. The molecule has 0 radical (unpaired) electrons. The van der Waals surface area contributed by atoms with Gasteiger partial charge in [0.15, 0.2) is 0 Å². The van der Waals surface area contributed by atoms with Gasteiger partial charge in [-0.05, 0) is 62.3 Å². The molecule has 0 aromatic heterocycles. The zero-order valence-corrected chi connectivity index (χ0v) is 37.3. The third-order valence-electron chi connectivity index (χ3n) is 10.7. The van der Waals surface area contributed by atoms with Gasteiger partial charge in [-0.3, -0.25) is 38.4 Å². The number of aliphatic carboxylic acids is 1. The van der Waals surface area contributed by atoms with Crippen LogP contribution in [0.1, 0.15) is 57.9 Å². The molecule has 1 aromatic rings. The number of aliphatic hydroxyl groups excluding tert-OH is 3. The minimum Gasteiger partial charge on any atom is -0.508 e. The highest BCUT2D eigenvalue weighted by molar-refractivity contribution is 7.80. The molecule has 0 bridgehead atoms. The first kappa shape index (κ1) is 55.5. The molecule has 8 amide bonds. The minimum atomic E-state index is -1.73. The molecule has 1 aromatic carbocycles. The van der Waals surface area contributed by atoms with Crippen LogP contribution in [-0.4, -0.2) is 177 Å². The van der Waals surface area contributed by atoms with Gasteiger partial charge in [0.2, 0.25) is 47.3 Å². The number of benzene rings is 1. The van der Waals surface area contributed by atoms with Crippen molar-refractivity contribution in [3.8, 4) is 5.75 Å². The lowest BCUT2D eigenvalue weighted by Gasteiger charge is -2.29. The Hall–Kier alpha value is -5.60. The first-order valence-electron chi connectivity index (χ1n) is 21.2. The van der Waals surface area contributed by atoms with Crippen molar-refractivity contribution in [3.63, 3.8) is 0 Å². The number of nitrogens with two attached hydrogens (primary N) is 2. The lowest BCUT2D eigenvalue weighted by molar-refractivity contribution is -0.143. The second kappa shape index (κ2) is 28.3. The number of nitrogens with zero attached hydrogens (tertiary/aromatic N) is 1. The molecule has 9 atom stereocenters. The van der Waals surface area contributed by atoms with Crippen LogP contribution in [0.15, 0.2) is 24.3 Å². The maximum atomic E-state index is 13.9. The highest BCUT2D eigenvalue weighted by Gasteiger charge is 2.38. The topological polar surface area (TPSA) is 394 Å². The van der Waals surface area contributed by atoms with E-state index in [1.54, 1.807) is 13.8 Å². The average Bonchev–Trinajstić information content (AvgIpc) is 3.79. The number of unbranched alkanes of at least 4 members (excludes halogenated alkanes) is 1.